The molecule has 2 unspecified atom stereocenters. The number of amides is 1. The minimum atomic E-state index is -4.98. The first-order chi connectivity index (χ1) is 14.0. The molecular formula is C20H19F6NO3. The van der Waals surface area contributed by atoms with Crippen LogP contribution in [0.4, 0.5) is 26.3 Å². The number of benzene rings is 1. The van der Waals surface area contributed by atoms with Crippen LogP contribution < -0.4 is 5.32 Å². The molecule has 10 heteroatoms. The van der Waals surface area contributed by atoms with Crippen molar-refractivity contribution in [1.82, 2.24) is 5.32 Å². The van der Waals surface area contributed by atoms with Crippen molar-refractivity contribution in [3.8, 4) is 0 Å². The third-order valence-electron chi connectivity index (χ3n) is 4.56. The maximum absolute atomic E-state index is 12.9. The molecule has 1 amide bonds. The molecule has 0 aliphatic heterocycles. The van der Waals surface area contributed by atoms with Gasteiger partial charge in [0.25, 0.3) is 0 Å². The number of carbonyl (C=O) groups is 2. The first-order valence-corrected chi connectivity index (χ1v) is 8.86. The Morgan fingerprint density at radius 1 is 1.17 bits per heavy atom. The quantitative estimate of drug-likeness (QED) is 0.509. The summed E-state index contributed by atoms with van der Waals surface area (Å²) < 4.78 is 82.8. The molecule has 4 nitrogen and oxygen atoms in total. The third-order valence-corrected chi connectivity index (χ3v) is 4.56. The third kappa shape index (κ3) is 6.19. The molecule has 0 spiro atoms. The largest absolute Gasteiger partial charge is 0.416 e. The Hall–Kier alpha value is -2.62. The Labute approximate surface area is 168 Å². The van der Waals surface area contributed by atoms with Crippen LogP contribution in [0.25, 0.3) is 0 Å². The second kappa shape index (κ2) is 9.46. The molecule has 1 N–H and O–H groups in total. The highest BCUT2D eigenvalue weighted by Gasteiger charge is 2.37. The van der Waals surface area contributed by atoms with Crippen LogP contribution in [0, 0.1) is 5.92 Å². The molecule has 0 heterocycles. The van der Waals surface area contributed by atoms with Gasteiger partial charge >= 0.3 is 12.4 Å². The molecule has 0 bridgehead atoms. The van der Waals surface area contributed by atoms with Crippen LogP contribution in [0.5, 0.6) is 0 Å². The molecule has 164 valence electrons. The molecule has 1 aromatic carbocycles. The Kier molecular flexibility index (Phi) is 7.46. The predicted molar refractivity (Wildman–Crippen MR) is 95.1 cm³/mol. The monoisotopic (exact) mass is 435 g/mol. The van der Waals surface area contributed by atoms with Crippen molar-refractivity contribution >= 4 is 12.2 Å². The molecule has 0 radical (unpaired) electrons. The maximum Gasteiger partial charge on any atom is 0.416 e. The average Bonchev–Trinajstić information content (AvgIpc) is 2.69. The number of methoxy groups -OCH3 is 1. The Morgan fingerprint density at radius 2 is 1.77 bits per heavy atom. The van der Waals surface area contributed by atoms with Crippen LogP contribution in [0.15, 0.2) is 42.0 Å². The van der Waals surface area contributed by atoms with Crippen LogP contribution in [0.2, 0.25) is 0 Å². The second-order valence-electron chi connectivity index (χ2n) is 6.66. The van der Waals surface area contributed by atoms with Gasteiger partial charge in [0.1, 0.15) is 6.29 Å². The number of aldehydes is 1. The predicted octanol–water partition coefficient (Wildman–Crippen LogP) is 4.45. The number of allylic oxidation sites excluding steroid dienone is 1. The molecule has 1 aliphatic carbocycles. The number of hydrogen-bond acceptors (Lipinski definition) is 3. The summed E-state index contributed by atoms with van der Waals surface area (Å²) in [6.45, 7) is -0.557. The first kappa shape index (κ1) is 23.7. The van der Waals surface area contributed by atoms with Crippen molar-refractivity contribution in [1.29, 1.82) is 0 Å². The molecule has 0 aromatic heterocycles. The van der Waals surface area contributed by atoms with E-state index in [1.807, 2.05) is 0 Å². The lowest BCUT2D eigenvalue weighted by atomic mass is 9.90. The van der Waals surface area contributed by atoms with E-state index in [1.54, 1.807) is 18.2 Å². The smallest absolute Gasteiger partial charge is 0.377 e. The SMILES string of the molecule is COC1C=CC(C(CC=O)C(=O)NCc2cc(C(F)(F)F)cc(C(F)(F)F)c2)=CC1. The summed E-state index contributed by atoms with van der Waals surface area (Å²) in [5.74, 6) is -1.59. The number of alkyl halides is 6. The van der Waals surface area contributed by atoms with E-state index >= 15 is 0 Å². The Morgan fingerprint density at radius 3 is 2.20 bits per heavy atom. The number of nitrogens with one attached hydrogen (secondary N) is 1. The van der Waals surface area contributed by atoms with Crippen molar-refractivity contribution in [3.05, 3.63) is 58.7 Å². The Balaban J connectivity index is 2.20. The molecule has 0 saturated heterocycles. The average molecular weight is 435 g/mol. The van der Waals surface area contributed by atoms with E-state index in [4.69, 9.17) is 4.74 Å². The van der Waals surface area contributed by atoms with Crippen LogP contribution in [-0.2, 0) is 33.2 Å². The highest BCUT2D eigenvalue weighted by molar-refractivity contribution is 5.84. The minimum absolute atomic E-state index is 0.0182. The van der Waals surface area contributed by atoms with Crippen molar-refractivity contribution in [3.63, 3.8) is 0 Å². The fourth-order valence-corrected chi connectivity index (χ4v) is 2.97. The van der Waals surface area contributed by atoms with Gasteiger partial charge in [-0.1, -0.05) is 18.2 Å². The minimum Gasteiger partial charge on any atom is -0.377 e. The van der Waals surface area contributed by atoms with Gasteiger partial charge < -0.3 is 14.8 Å². The summed E-state index contributed by atoms with van der Waals surface area (Å²) in [7, 11) is 1.51. The zero-order chi connectivity index (χ0) is 22.5. The Bertz CT molecular complexity index is 810. The second-order valence-corrected chi connectivity index (χ2v) is 6.66. The molecule has 30 heavy (non-hydrogen) atoms. The van der Waals surface area contributed by atoms with Crippen LogP contribution in [-0.4, -0.2) is 25.4 Å². The molecular weight excluding hydrogens is 416 g/mol. The zero-order valence-electron chi connectivity index (χ0n) is 15.8. The summed E-state index contributed by atoms with van der Waals surface area (Å²) in [5.41, 5.74) is -2.76. The number of halogens is 6. The standard InChI is InChI=1S/C20H19F6NO3/c1-30-16-4-2-13(3-5-16)17(6-7-28)18(29)27-11-12-8-14(19(21,22)23)10-15(9-12)20(24,25)26/h2-4,7-10,16-17H,5-6,11H2,1H3,(H,27,29). The van der Waals surface area contributed by atoms with Gasteiger partial charge in [0.2, 0.25) is 5.91 Å². The topological polar surface area (TPSA) is 55.4 Å². The summed E-state index contributed by atoms with van der Waals surface area (Å²) in [4.78, 5) is 23.5. The lowest BCUT2D eigenvalue weighted by molar-refractivity contribution is -0.143. The van der Waals surface area contributed by atoms with Gasteiger partial charge in [0, 0.05) is 20.1 Å². The molecule has 2 atom stereocenters. The van der Waals surface area contributed by atoms with Gasteiger partial charge in [0.15, 0.2) is 0 Å². The number of carbonyl (C=O) groups excluding carboxylic acids is 2. The van der Waals surface area contributed by atoms with Crippen LogP contribution >= 0.6 is 0 Å². The summed E-state index contributed by atoms with van der Waals surface area (Å²) >= 11 is 0. The summed E-state index contributed by atoms with van der Waals surface area (Å²) in [6.07, 6.45) is -4.32. The van der Waals surface area contributed by atoms with E-state index in [-0.39, 0.29) is 24.2 Å². The van der Waals surface area contributed by atoms with E-state index in [0.29, 0.717) is 30.4 Å². The lowest BCUT2D eigenvalue weighted by Gasteiger charge is -2.21. The highest BCUT2D eigenvalue weighted by Crippen LogP contribution is 2.36. The van der Waals surface area contributed by atoms with Gasteiger partial charge in [-0.05, 0) is 35.8 Å². The van der Waals surface area contributed by atoms with Crippen molar-refractivity contribution in [2.75, 3.05) is 7.11 Å². The fourth-order valence-electron chi connectivity index (χ4n) is 2.97. The number of ether oxygens (including phenoxy) is 1. The molecule has 0 saturated carbocycles. The van der Waals surface area contributed by atoms with Gasteiger partial charge in [-0.25, -0.2) is 0 Å². The lowest BCUT2D eigenvalue weighted by Crippen LogP contribution is -2.32. The summed E-state index contributed by atoms with van der Waals surface area (Å²) in [5, 5.41) is 2.33. The normalized spacial score (nSPS) is 18.0. The molecule has 1 aromatic rings. The summed E-state index contributed by atoms with van der Waals surface area (Å²) in [6, 6.07) is 1.12. The zero-order valence-corrected chi connectivity index (χ0v) is 15.8. The van der Waals surface area contributed by atoms with Crippen molar-refractivity contribution < 1.29 is 40.7 Å². The van der Waals surface area contributed by atoms with Gasteiger partial charge in [0.05, 0.1) is 23.1 Å². The van der Waals surface area contributed by atoms with E-state index in [2.05, 4.69) is 5.32 Å². The fraction of sp³-hybridized carbons (Fsp3) is 0.400. The van der Waals surface area contributed by atoms with E-state index in [1.165, 1.54) is 7.11 Å². The maximum atomic E-state index is 12.9. The highest BCUT2D eigenvalue weighted by atomic mass is 19.4. The van der Waals surface area contributed by atoms with Gasteiger partial charge in [-0.2, -0.15) is 26.3 Å². The first-order valence-electron chi connectivity index (χ1n) is 8.86. The van der Waals surface area contributed by atoms with Crippen molar-refractivity contribution in [2.24, 2.45) is 5.92 Å². The molecule has 0 fully saturated rings. The van der Waals surface area contributed by atoms with Crippen LogP contribution in [0.1, 0.15) is 29.5 Å². The van der Waals surface area contributed by atoms with Gasteiger partial charge in [-0.15, -0.1) is 0 Å². The number of rotatable bonds is 7. The molecule has 1 aliphatic rings. The van der Waals surface area contributed by atoms with E-state index in [0.717, 1.165) is 0 Å². The van der Waals surface area contributed by atoms with E-state index < -0.39 is 41.8 Å². The molecule has 2 rings (SSSR count). The van der Waals surface area contributed by atoms with Crippen molar-refractivity contribution in [2.45, 2.75) is 37.8 Å². The number of hydrogen-bond donors (Lipinski definition) is 1. The van der Waals surface area contributed by atoms with E-state index in [9.17, 15) is 35.9 Å². The van der Waals surface area contributed by atoms with Gasteiger partial charge in [-0.3, -0.25) is 4.79 Å². The van der Waals surface area contributed by atoms with Crippen LogP contribution in [0.3, 0.4) is 0 Å².